The summed E-state index contributed by atoms with van der Waals surface area (Å²) in [6, 6.07) is 2.85. The molecule has 4 nitrogen and oxygen atoms in total. The van der Waals surface area contributed by atoms with Crippen molar-refractivity contribution in [2.45, 2.75) is 9.92 Å². The van der Waals surface area contributed by atoms with Crippen LogP contribution in [-0.2, 0) is 9.84 Å². The highest BCUT2D eigenvalue weighted by Crippen LogP contribution is 2.27. The van der Waals surface area contributed by atoms with E-state index < -0.39 is 31.4 Å². The molecule has 1 N–H and O–H groups in total. The number of hydrogen-bond donors (Lipinski definition) is 1. The molecule has 90 valence electrons. The monoisotopic (exact) mass is 278 g/mol. The zero-order valence-electron chi connectivity index (χ0n) is 8.12. The average molecular weight is 279 g/mol. The number of aromatic amines is 1. The molecule has 0 atom stereocenters. The largest absolute Gasteiger partial charge is 0.283 e. The molecule has 1 aromatic carbocycles. The highest BCUT2D eigenvalue weighted by Gasteiger charge is 2.28. The van der Waals surface area contributed by atoms with Gasteiger partial charge < -0.3 is 0 Å². The van der Waals surface area contributed by atoms with E-state index in [1.54, 1.807) is 0 Å². The van der Waals surface area contributed by atoms with Gasteiger partial charge in [0, 0.05) is 6.20 Å². The summed E-state index contributed by atoms with van der Waals surface area (Å²) in [7, 11) is -4.27. The molecule has 1 aromatic heterocycles. The molecule has 0 spiro atoms. The van der Waals surface area contributed by atoms with Gasteiger partial charge in [0.2, 0.25) is 9.84 Å². The van der Waals surface area contributed by atoms with E-state index in [1.807, 2.05) is 0 Å². The van der Waals surface area contributed by atoms with Crippen molar-refractivity contribution in [3.63, 3.8) is 0 Å². The summed E-state index contributed by atoms with van der Waals surface area (Å²) < 4.78 is 50.2. The molecule has 0 bridgehead atoms. The average Bonchev–Trinajstić information content (AvgIpc) is 2.69. The SMILES string of the molecule is O=S(=O)(c1cccc(F)c1F)c1n[nH]cc1Cl. The molecule has 1 heterocycles. The number of nitrogens with zero attached hydrogens (tertiary/aromatic N) is 1. The third-order valence-corrected chi connectivity index (χ3v) is 4.14. The molecule has 8 heteroatoms. The van der Waals surface area contributed by atoms with Crippen LogP contribution in [0.15, 0.2) is 34.3 Å². The summed E-state index contributed by atoms with van der Waals surface area (Å²) in [5.74, 6) is -2.70. The second-order valence-corrected chi connectivity index (χ2v) is 5.33. The van der Waals surface area contributed by atoms with Gasteiger partial charge in [-0.15, -0.1) is 0 Å². The molecule has 0 aliphatic heterocycles. The van der Waals surface area contributed by atoms with E-state index in [-0.39, 0.29) is 5.02 Å². The van der Waals surface area contributed by atoms with Crippen LogP contribution >= 0.6 is 11.6 Å². The molecule has 2 rings (SSSR count). The molecule has 0 aliphatic carbocycles. The minimum Gasteiger partial charge on any atom is -0.283 e. The second kappa shape index (κ2) is 4.08. The minimum absolute atomic E-state index is 0.186. The van der Waals surface area contributed by atoms with Gasteiger partial charge in [-0.1, -0.05) is 17.7 Å². The van der Waals surface area contributed by atoms with Crippen LogP contribution < -0.4 is 0 Å². The van der Waals surface area contributed by atoms with Crippen LogP contribution in [-0.4, -0.2) is 18.6 Å². The lowest BCUT2D eigenvalue weighted by molar-refractivity contribution is 0.484. The molecular formula is C9H5ClF2N2O2S. The molecule has 0 radical (unpaired) electrons. The Labute approximate surface area is 100 Å². The lowest BCUT2D eigenvalue weighted by atomic mass is 10.3. The van der Waals surface area contributed by atoms with Gasteiger partial charge in [0.05, 0.1) is 5.02 Å². The predicted molar refractivity (Wildman–Crippen MR) is 55.4 cm³/mol. The second-order valence-electron chi connectivity index (χ2n) is 3.09. The quantitative estimate of drug-likeness (QED) is 0.916. The van der Waals surface area contributed by atoms with Crippen molar-refractivity contribution in [1.82, 2.24) is 10.2 Å². The van der Waals surface area contributed by atoms with Crippen LogP contribution in [0, 0.1) is 11.6 Å². The Bertz CT molecular complexity index is 669. The minimum atomic E-state index is -4.27. The van der Waals surface area contributed by atoms with E-state index in [1.165, 1.54) is 0 Å². The van der Waals surface area contributed by atoms with E-state index in [2.05, 4.69) is 10.2 Å². The van der Waals surface area contributed by atoms with Gasteiger partial charge in [0.25, 0.3) is 0 Å². The van der Waals surface area contributed by atoms with Crippen LogP contribution in [0.3, 0.4) is 0 Å². The number of hydrogen-bond acceptors (Lipinski definition) is 3. The Morgan fingerprint density at radius 3 is 2.59 bits per heavy atom. The van der Waals surface area contributed by atoms with Gasteiger partial charge in [0.15, 0.2) is 16.7 Å². The standard InChI is InChI=1S/C9H5ClF2N2O2S/c10-5-4-13-14-9(5)17(15,16)7-3-1-2-6(11)8(7)12/h1-4H,(H,13,14). The van der Waals surface area contributed by atoms with Crippen molar-refractivity contribution in [2.75, 3.05) is 0 Å². The highest BCUT2D eigenvalue weighted by molar-refractivity contribution is 7.91. The van der Waals surface area contributed by atoms with E-state index in [0.29, 0.717) is 0 Å². The molecular weight excluding hydrogens is 274 g/mol. The molecule has 0 unspecified atom stereocenters. The predicted octanol–water partition coefficient (Wildman–Crippen LogP) is 2.17. The Hall–Kier alpha value is -1.47. The Kier molecular flexibility index (Phi) is 2.88. The van der Waals surface area contributed by atoms with Crippen LogP contribution in [0.1, 0.15) is 0 Å². The molecule has 0 aliphatic rings. The van der Waals surface area contributed by atoms with Crippen molar-refractivity contribution >= 4 is 21.4 Å². The first kappa shape index (κ1) is 12.0. The fourth-order valence-electron chi connectivity index (χ4n) is 1.25. The van der Waals surface area contributed by atoms with Crippen molar-refractivity contribution < 1.29 is 17.2 Å². The normalized spacial score (nSPS) is 11.7. The molecule has 0 fully saturated rings. The van der Waals surface area contributed by atoms with Gasteiger partial charge >= 0.3 is 0 Å². The molecule has 0 saturated carbocycles. The van der Waals surface area contributed by atoms with Crippen LogP contribution in [0.25, 0.3) is 0 Å². The van der Waals surface area contributed by atoms with E-state index in [0.717, 1.165) is 24.4 Å². The van der Waals surface area contributed by atoms with Crippen molar-refractivity contribution in [1.29, 1.82) is 0 Å². The summed E-state index contributed by atoms with van der Waals surface area (Å²) in [4.78, 5) is -0.800. The van der Waals surface area contributed by atoms with Crippen molar-refractivity contribution in [2.24, 2.45) is 0 Å². The van der Waals surface area contributed by atoms with Crippen LogP contribution in [0.5, 0.6) is 0 Å². The zero-order valence-corrected chi connectivity index (χ0v) is 9.69. The summed E-state index contributed by atoms with van der Waals surface area (Å²) in [6.45, 7) is 0. The topological polar surface area (TPSA) is 62.8 Å². The summed E-state index contributed by atoms with van der Waals surface area (Å²) in [5.41, 5.74) is 0. The Morgan fingerprint density at radius 2 is 2.00 bits per heavy atom. The van der Waals surface area contributed by atoms with Gasteiger partial charge in [0.1, 0.15) is 4.90 Å². The van der Waals surface area contributed by atoms with Gasteiger partial charge in [-0.05, 0) is 12.1 Å². The number of benzene rings is 1. The number of sulfone groups is 1. The summed E-state index contributed by atoms with van der Waals surface area (Å²) in [6.07, 6.45) is 1.13. The summed E-state index contributed by atoms with van der Waals surface area (Å²) in [5, 5.41) is 4.91. The van der Waals surface area contributed by atoms with Crippen LogP contribution in [0.2, 0.25) is 5.02 Å². The molecule has 0 saturated heterocycles. The third kappa shape index (κ3) is 1.91. The van der Waals surface area contributed by atoms with Gasteiger partial charge in [-0.2, -0.15) is 5.10 Å². The Balaban J connectivity index is 2.69. The highest BCUT2D eigenvalue weighted by atomic mass is 35.5. The first-order valence-electron chi connectivity index (χ1n) is 4.33. The maximum atomic E-state index is 13.4. The first-order valence-corrected chi connectivity index (χ1v) is 6.19. The lowest BCUT2D eigenvalue weighted by Crippen LogP contribution is -2.07. The number of rotatable bonds is 2. The first-order chi connectivity index (χ1) is 7.94. The summed E-state index contributed by atoms with van der Waals surface area (Å²) >= 11 is 5.58. The maximum Gasteiger partial charge on any atom is 0.230 e. The molecule has 2 aromatic rings. The maximum absolute atomic E-state index is 13.4. The van der Waals surface area contributed by atoms with E-state index in [4.69, 9.17) is 11.6 Å². The van der Waals surface area contributed by atoms with Gasteiger partial charge in [-0.3, -0.25) is 5.10 Å². The van der Waals surface area contributed by atoms with E-state index in [9.17, 15) is 17.2 Å². The van der Waals surface area contributed by atoms with Gasteiger partial charge in [-0.25, -0.2) is 17.2 Å². The lowest BCUT2D eigenvalue weighted by Gasteiger charge is -2.03. The smallest absolute Gasteiger partial charge is 0.230 e. The number of aromatic nitrogens is 2. The third-order valence-electron chi connectivity index (χ3n) is 2.02. The number of halogens is 3. The fourth-order valence-corrected chi connectivity index (χ4v) is 2.93. The number of H-pyrrole nitrogens is 1. The van der Waals surface area contributed by atoms with Crippen molar-refractivity contribution in [3.8, 4) is 0 Å². The number of nitrogens with one attached hydrogen (secondary N) is 1. The van der Waals surface area contributed by atoms with Crippen molar-refractivity contribution in [3.05, 3.63) is 41.1 Å². The van der Waals surface area contributed by atoms with E-state index >= 15 is 0 Å². The molecule has 0 amide bonds. The Morgan fingerprint density at radius 1 is 1.29 bits per heavy atom. The fraction of sp³-hybridized carbons (Fsp3) is 0. The molecule has 17 heavy (non-hydrogen) atoms. The zero-order chi connectivity index (χ0) is 12.6. The van der Waals surface area contributed by atoms with Crippen LogP contribution in [0.4, 0.5) is 8.78 Å².